The minimum Gasteiger partial charge on any atom is -0.465 e. The summed E-state index contributed by atoms with van der Waals surface area (Å²) in [5.41, 5.74) is 2.66. The van der Waals surface area contributed by atoms with E-state index in [-0.39, 0.29) is 0 Å². The van der Waals surface area contributed by atoms with Gasteiger partial charge in [0, 0.05) is 19.1 Å². The molecule has 1 aromatic carbocycles. The predicted octanol–water partition coefficient (Wildman–Crippen LogP) is 3.72. The largest absolute Gasteiger partial charge is 0.465 e. The van der Waals surface area contributed by atoms with Gasteiger partial charge in [-0.25, -0.2) is 0 Å². The lowest BCUT2D eigenvalue weighted by Crippen LogP contribution is -2.21. The van der Waals surface area contributed by atoms with E-state index in [9.17, 15) is 0 Å². The van der Waals surface area contributed by atoms with Gasteiger partial charge < -0.3 is 9.73 Å². The van der Waals surface area contributed by atoms with Crippen LogP contribution >= 0.6 is 0 Å². The quantitative estimate of drug-likeness (QED) is 0.841. The molecule has 0 amide bonds. The summed E-state index contributed by atoms with van der Waals surface area (Å²) in [4.78, 5) is 2.26. The highest BCUT2D eigenvalue weighted by Crippen LogP contribution is 2.12. The van der Waals surface area contributed by atoms with Crippen LogP contribution in [-0.2, 0) is 19.6 Å². The number of rotatable bonds is 7. The third kappa shape index (κ3) is 5.37. The summed E-state index contributed by atoms with van der Waals surface area (Å²) in [6, 6.07) is 13.4. The van der Waals surface area contributed by atoms with Crippen molar-refractivity contribution >= 4 is 0 Å². The van der Waals surface area contributed by atoms with Gasteiger partial charge in [0.2, 0.25) is 0 Å². The molecule has 0 aliphatic rings. The molecule has 0 spiro atoms. The Labute approximate surface area is 128 Å². The van der Waals surface area contributed by atoms with E-state index in [1.165, 1.54) is 11.1 Å². The average molecular weight is 286 g/mol. The lowest BCUT2D eigenvalue weighted by atomic mass is 10.1. The second-order valence-corrected chi connectivity index (χ2v) is 6.04. The number of furan rings is 1. The molecular formula is C18H26N2O. The Morgan fingerprint density at radius 3 is 2.24 bits per heavy atom. The fourth-order valence-corrected chi connectivity index (χ4v) is 2.29. The van der Waals surface area contributed by atoms with E-state index >= 15 is 0 Å². The average Bonchev–Trinajstić information content (AvgIpc) is 2.83. The smallest absolute Gasteiger partial charge is 0.118 e. The summed E-state index contributed by atoms with van der Waals surface area (Å²) in [5, 5.41) is 3.43. The van der Waals surface area contributed by atoms with Crippen LogP contribution in [0.1, 0.15) is 36.5 Å². The Kier molecular flexibility index (Phi) is 5.59. The zero-order chi connectivity index (χ0) is 15.2. The van der Waals surface area contributed by atoms with E-state index in [1.54, 1.807) is 0 Å². The summed E-state index contributed by atoms with van der Waals surface area (Å²) >= 11 is 0. The Morgan fingerprint density at radius 1 is 1.00 bits per heavy atom. The zero-order valence-corrected chi connectivity index (χ0v) is 13.5. The molecule has 2 rings (SSSR count). The van der Waals surface area contributed by atoms with Crippen LogP contribution < -0.4 is 5.32 Å². The maximum absolute atomic E-state index is 5.62. The Bertz CT molecular complexity index is 543. The van der Waals surface area contributed by atoms with E-state index < -0.39 is 0 Å². The lowest BCUT2D eigenvalue weighted by Gasteiger charge is -2.15. The van der Waals surface area contributed by atoms with Gasteiger partial charge in [-0.2, -0.15) is 0 Å². The molecule has 1 aromatic heterocycles. The fourth-order valence-electron chi connectivity index (χ4n) is 2.29. The van der Waals surface area contributed by atoms with E-state index in [2.05, 4.69) is 55.4 Å². The van der Waals surface area contributed by atoms with Crippen molar-refractivity contribution in [3.63, 3.8) is 0 Å². The molecule has 0 atom stereocenters. The summed E-state index contributed by atoms with van der Waals surface area (Å²) in [5.74, 6) is 1.99. The molecule has 0 bridgehead atoms. The van der Waals surface area contributed by atoms with E-state index in [4.69, 9.17) is 4.42 Å². The number of hydrogen-bond acceptors (Lipinski definition) is 3. The van der Waals surface area contributed by atoms with Crippen molar-refractivity contribution in [3.8, 4) is 0 Å². The number of hydrogen-bond donors (Lipinski definition) is 1. The summed E-state index contributed by atoms with van der Waals surface area (Å²) < 4.78 is 5.62. The molecule has 0 unspecified atom stereocenters. The molecule has 0 aliphatic carbocycles. The molecule has 2 aromatic rings. The molecule has 0 aliphatic heterocycles. The van der Waals surface area contributed by atoms with Crippen molar-refractivity contribution in [2.75, 3.05) is 7.05 Å². The number of nitrogens with one attached hydrogen (secondary N) is 1. The highest BCUT2D eigenvalue weighted by molar-refractivity contribution is 5.22. The molecule has 3 heteroatoms. The lowest BCUT2D eigenvalue weighted by molar-refractivity contribution is 0.285. The summed E-state index contributed by atoms with van der Waals surface area (Å²) in [6.07, 6.45) is 0. The number of nitrogens with zero attached hydrogens (tertiary/aromatic N) is 1. The molecule has 1 N–H and O–H groups in total. The first-order chi connectivity index (χ1) is 10.0. The van der Waals surface area contributed by atoms with Crippen molar-refractivity contribution in [1.29, 1.82) is 0 Å². The minimum absolute atomic E-state index is 0.521. The maximum atomic E-state index is 5.62. The van der Waals surface area contributed by atoms with Gasteiger partial charge in [0.05, 0.1) is 6.54 Å². The van der Waals surface area contributed by atoms with Gasteiger partial charge in [0.1, 0.15) is 11.5 Å². The van der Waals surface area contributed by atoms with Crippen molar-refractivity contribution in [2.45, 2.75) is 46.4 Å². The first-order valence-corrected chi connectivity index (χ1v) is 7.58. The molecule has 114 valence electrons. The van der Waals surface area contributed by atoms with Gasteiger partial charge in [-0.05, 0) is 37.2 Å². The third-order valence-electron chi connectivity index (χ3n) is 3.41. The van der Waals surface area contributed by atoms with E-state index in [0.29, 0.717) is 6.04 Å². The standard InChI is InChI=1S/C18H26N2O/c1-14(2)19-11-16-6-8-17(9-7-16)12-20(4)13-18-10-5-15(3)21-18/h5-10,14,19H,11-13H2,1-4H3. The van der Waals surface area contributed by atoms with Crippen LogP contribution in [0.5, 0.6) is 0 Å². The monoisotopic (exact) mass is 286 g/mol. The third-order valence-corrected chi connectivity index (χ3v) is 3.41. The number of aryl methyl sites for hydroxylation is 1. The van der Waals surface area contributed by atoms with E-state index in [1.807, 2.05) is 19.1 Å². The van der Waals surface area contributed by atoms with Crippen molar-refractivity contribution in [1.82, 2.24) is 10.2 Å². The molecule has 0 saturated heterocycles. The zero-order valence-electron chi connectivity index (χ0n) is 13.5. The molecule has 0 fully saturated rings. The van der Waals surface area contributed by atoms with Crippen LogP contribution in [0.3, 0.4) is 0 Å². The normalized spacial score (nSPS) is 11.5. The Morgan fingerprint density at radius 2 is 1.67 bits per heavy atom. The first kappa shape index (κ1) is 15.8. The van der Waals surface area contributed by atoms with Gasteiger partial charge in [-0.15, -0.1) is 0 Å². The minimum atomic E-state index is 0.521. The topological polar surface area (TPSA) is 28.4 Å². The summed E-state index contributed by atoms with van der Waals surface area (Å²) in [6.45, 7) is 9.01. The van der Waals surface area contributed by atoms with Crippen LogP contribution in [0.4, 0.5) is 0 Å². The van der Waals surface area contributed by atoms with Gasteiger partial charge in [-0.3, -0.25) is 4.90 Å². The Balaban J connectivity index is 1.84. The van der Waals surface area contributed by atoms with Crippen LogP contribution in [0.2, 0.25) is 0 Å². The van der Waals surface area contributed by atoms with Crippen molar-refractivity contribution < 1.29 is 4.42 Å². The number of benzene rings is 1. The van der Waals surface area contributed by atoms with Gasteiger partial charge in [0.25, 0.3) is 0 Å². The molecule has 3 nitrogen and oxygen atoms in total. The first-order valence-electron chi connectivity index (χ1n) is 7.58. The predicted molar refractivity (Wildman–Crippen MR) is 87.0 cm³/mol. The second kappa shape index (κ2) is 7.43. The molecule has 21 heavy (non-hydrogen) atoms. The molecular weight excluding hydrogens is 260 g/mol. The Hall–Kier alpha value is -1.58. The van der Waals surface area contributed by atoms with Crippen LogP contribution in [0.25, 0.3) is 0 Å². The highest BCUT2D eigenvalue weighted by Gasteiger charge is 2.05. The van der Waals surface area contributed by atoms with Gasteiger partial charge in [-0.1, -0.05) is 38.1 Å². The molecule has 1 heterocycles. The van der Waals surface area contributed by atoms with Crippen LogP contribution in [-0.4, -0.2) is 18.0 Å². The maximum Gasteiger partial charge on any atom is 0.118 e. The van der Waals surface area contributed by atoms with Crippen molar-refractivity contribution in [3.05, 3.63) is 59.0 Å². The van der Waals surface area contributed by atoms with Crippen LogP contribution in [0.15, 0.2) is 40.8 Å². The summed E-state index contributed by atoms with van der Waals surface area (Å²) in [7, 11) is 2.12. The second-order valence-electron chi connectivity index (χ2n) is 6.04. The van der Waals surface area contributed by atoms with Crippen LogP contribution in [0, 0.1) is 6.92 Å². The SMILES string of the molecule is Cc1ccc(CN(C)Cc2ccc(CNC(C)C)cc2)o1. The van der Waals surface area contributed by atoms with Crippen molar-refractivity contribution in [2.24, 2.45) is 0 Å². The molecule has 0 radical (unpaired) electrons. The van der Waals surface area contributed by atoms with E-state index in [0.717, 1.165) is 31.2 Å². The molecule has 0 saturated carbocycles. The van der Waals surface area contributed by atoms with Gasteiger partial charge >= 0.3 is 0 Å². The fraction of sp³-hybridized carbons (Fsp3) is 0.444. The van der Waals surface area contributed by atoms with Gasteiger partial charge in [0.15, 0.2) is 0 Å². The highest BCUT2D eigenvalue weighted by atomic mass is 16.3.